The van der Waals surface area contributed by atoms with Crippen molar-refractivity contribution in [1.82, 2.24) is 15.4 Å². The predicted molar refractivity (Wildman–Crippen MR) is 77.9 cm³/mol. The molecule has 21 heavy (non-hydrogen) atoms. The maximum atomic E-state index is 12.2. The van der Waals surface area contributed by atoms with Crippen LogP contribution in [0.2, 0.25) is 5.15 Å². The highest BCUT2D eigenvalue weighted by atomic mass is 35.5. The lowest BCUT2D eigenvalue weighted by Crippen LogP contribution is -2.35. The second-order valence-electron chi connectivity index (χ2n) is 4.45. The van der Waals surface area contributed by atoms with Crippen LogP contribution in [0, 0.1) is 0 Å². The van der Waals surface area contributed by atoms with Crippen molar-refractivity contribution in [2.45, 2.75) is 5.92 Å². The van der Waals surface area contributed by atoms with E-state index in [2.05, 4.69) is 20.8 Å². The van der Waals surface area contributed by atoms with Gasteiger partial charge in [-0.3, -0.25) is 15.6 Å². The summed E-state index contributed by atoms with van der Waals surface area (Å²) in [5.41, 5.74) is 11.6. The first-order valence-electron chi connectivity index (χ1n) is 6.21. The SMILES string of the molecule is Nc1nc(Cl)cc(NNC(=O)[C@@H]2COc3ccccc32)n1. The van der Waals surface area contributed by atoms with Crippen LogP contribution in [0.15, 0.2) is 30.3 Å². The number of nitrogen functional groups attached to an aromatic ring is 1. The summed E-state index contributed by atoms with van der Waals surface area (Å²) >= 11 is 5.76. The number of fused-ring (bicyclic) bond motifs is 1. The molecular formula is C13H12ClN5O2. The Labute approximate surface area is 125 Å². The van der Waals surface area contributed by atoms with Gasteiger partial charge in [0.1, 0.15) is 23.4 Å². The number of nitrogens with zero attached hydrogens (tertiary/aromatic N) is 2. The summed E-state index contributed by atoms with van der Waals surface area (Å²) in [7, 11) is 0. The van der Waals surface area contributed by atoms with Crippen LogP contribution in [-0.4, -0.2) is 22.5 Å². The summed E-state index contributed by atoms with van der Waals surface area (Å²) in [5.74, 6) is 0.463. The number of amides is 1. The van der Waals surface area contributed by atoms with E-state index in [1.165, 1.54) is 6.07 Å². The number of carbonyl (C=O) groups is 1. The van der Waals surface area contributed by atoms with Crippen molar-refractivity contribution in [2.75, 3.05) is 17.8 Å². The van der Waals surface area contributed by atoms with Crippen LogP contribution in [0.25, 0.3) is 0 Å². The predicted octanol–water partition coefficient (Wildman–Crippen LogP) is 1.33. The molecule has 2 heterocycles. The number of rotatable bonds is 3. The van der Waals surface area contributed by atoms with Gasteiger partial charge in [-0.1, -0.05) is 29.8 Å². The highest BCUT2D eigenvalue weighted by molar-refractivity contribution is 6.29. The van der Waals surface area contributed by atoms with Crippen molar-refractivity contribution >= 4 is 29.3 Å². The number of aromatic nitrogens is 2. The van der Waals surface area contributed by atoms with Crippen molar-refractivity contribution in [3.8, 4) is 5.75 Å². The fraction of sp³-hybridized carbons (Fsp3) is 0.154. The standard InChI is InChI=1S/C13H12ClN5O2/c14-10-5-11(17-13(15)16-10)18-19-12(20)8-6-21-9-4-2-1-3-7(8)9/h1-5,8H,6H2,(H,19,20)(H3,15,16,17,18)/t8-/m1/s1. The molecule has 2 aromatic rings. The largest absolute Gasteiger partial charge is 0.492 e. The van der Waals surface area contributed by atoms with Crippen LogP contribution in [-0.2, 0) is 4.79 Å². The summed E-state index contributed by atoms with van der Waals surface area (Å²) in [6, 6.07) is 8.89. The Kier molecular flexibility index (Phi) is 3.49. The van der Waals surface area contributed by atoms with E-state index >= 15 is 0 Å². The first-order valence-corrected chi connectivity index (χ1v) is 6.59. The molecule has 0 unspecified atom stereocenters. The molecule has 8 heteroatoms. The Morgan fingerprint density at radius 3 is 3.00 bits per heavy atom. The number of ether oxygens (including phenoxy) is 1. The monoisotopic (exact) mass is 305 g/mol. The van der Waals surface area contributed by atoms with Gasteiger partial charge in [0.05, 0.1) is 0 Å². The van der Waals surface area contributed by atoms with Gasteiger partial charge in [-0.25, -0.2) is 4.98 Å². The van der Waals surface area contributed by atoms with Gasteiger partial charge in [0.15, 0.2) is 5.82 Å². The van der Waals surface area contributed by atoms with E-state index in [9.17, 15) is 4.79 Å². The second kappa shape index (κ2) is 5.45. The fourth-order valence-electron chi connectivity index (χ4n) is 2.09. The molecule has 0 bridgehead atoms. The number of hydrazine groups is 1. The first-order chi connectivity index (χ1) is 10.1. The highest BCUT2D eigenvalue weighted by Gasteiger charge is 2.29. The van der Waals surface area contributed by atoms with Crippen molar-refractivity contribution < 1.29 is 9.53 Å². The van der Waals surface area contributed by atoms with Gasteiger partial charge in [-0.15, -0.1) is 0 Å². The van der Waals surface area contributed by atoms with Crippen molar-refractivity contribution in [2.24, 2.45) is 0 Å². The second-order valence-corrected chi connectivity index (χ2v) is 4.84. The molecule has 0 fully saturated rings. The molecule has 1 aliphatic heterocycles. The molecule has 0 saturated carbocycles. The zero-order valence-corrected chi connectivity index (χ0v) is 11.6. The summed E-state index contributed by atoms with van der Waals surface area (Å²) in [5, 5.41) is 0.189. The third-order valence-electron chi connectivity index (χ3n) is 3.04. The number of benzene rings is 1. The number of hydrogen-bond acceptors (Lipinski definition) is 6. The number of nitrogens with two attached hydrogens (primary N) is 1. The van der Waals surface area contributed by atoms with Crippen molar-refractivity contribution in [3.63, 3.8) is 0 Å². The van der Waals surface area contributed by atoms with Crippen LogP contribution in [0.1, 0.15) is 11.5 Å². The Balaban J connectivity index is 1.68. The summed E-state index contributed by atoms with van der Waals surface area (Å²) in [6.07, 6.45) is 0. The maximum absolute atomic E-state index is 12.2. The van der Waals surface area contributed by atoms with Gasteiger partial charge in [-0.05, 0) is 6.07 Å². The average Bonchev–Trinajstić information content (AvgIpc) is 2.88. The Morgan fingerprint density at radius 2 is 2.19 bits per heavy atom. The van der Waals surface area contributed by atoms with Crippen LogP contribution < -0.4 is 21.3 Å². The van der Waals surface area contributed by atoms with Gasteiger partial charge in [-0.2, -0.15) is 4.98 Å². The molecule has 1 aromatic carbocycles. The van der Waals surface area contributed by atoms with Gasteiger partial charge in [0, 0.05) is 11.6 Å². The Hall–Kier alpha value is -2.54. The molecule has 1 aliphatic rings. The number of para-hydroxylation sites is 1. The molecule has 1 aromatic heterocycles. The van der Waals surface area contributed by atoms with E-state index in [4.69, 9.17) is 22.1 Å². The van der Waals surface area contributed by atoms with Gasteiger partial charge < -0.3 is 10.5 Å². The molecule has 0 spiro atoms. The normalized spacial score (nSPS) is 16.0. The van der Waals surface area contributed by atoms with E-state index in [0.717, 1.165) is 11.3 Å². The number of nitrogens with one attached hydrogen (secondary N) is 2. The van der Waals surface area contributed by atoms with Crippen molar-refractivity contribution in [1.29, 1.82) is 0 Å². The quantitative estimate of drug-likeness (QED) is 0.584. The fourth-order valence-corrected chi connectivity index (χ4v) is 2.28. The molecule has 0 aliphatic carbocycles. The van der Waals surface area contributed by atoms with Crippen LogP contribution in [0.5, 0.6) is 5.75 Å². The number of hydrogen-bond donors (Lipinski definition) is 3. The third kappa shape index (κ3) is 2.82. The minimum Gasteiger partial charge on any atom is -0.492 e. The molecule has 1 amide bonds. The smallest absolute Gasteiger partial charge is 0.249 e. The zero-order chi connectivity index (χ0) is 14.8. The molecule has 3 rings (SSSR count). The molecule has 7 nitrogen and oxygen atoms in total. The lowest BCUT2D eigenvalue weighted by atomic mass is 10.0. The maximum Gasteiger partial charge on any atom is 0.249 e. The Morgan fingerprint density at radius 1 is 1.38 bits per heavy atom. The zero-order valence-electron chi connectivity index (χ0n) is 10.8. The molecule has 108 valence electrons. The lowest BCUT2D eigenvalue weighted by molar-refractivity contribution is -0.122. The number of carbonyl (C=O) groups excluding carboxylic acids is 1. The minimum atomic E-state index is -0.372. The summed E-state index contributed by atoms with van der Waals surface area (Å²) < 4.78 is 5.47. The first kappa shape index (κ1) is 13.4. The van der Waals surface area contributed by atoms with Gasteiger partial charge in [0.25, 0.3) is 0 Å². The number of halogens is 1. The highest BCUT2D eigenvalue weighted by Crippen LogP contribution is 2.33. The van der Waals surface area contributed by atoms with Crippen LogP contribution >= 0.6 is 11.6 Å². The van der Waals surface area contributed by atoms with Gasteiger partial charge in [0.2, 0.25) is 11.9 Å². The summed E-state index contributed by atoms with van der Waals surface area (Å²) in [6.45, 7) is 0.305. The molecular weight excluding hydrogens is 294 g/mol. The lowest BCUT2D eigenvalue weighted by Gasteiger charge is -2.12. The van der Waals surface area contributed by atoms with E-state index in [0.29, 0.717) is 12.4 Å². The van der Waals surface area contributed by atoms with Crippen molar-refractivity contribution in [3.05, 3.63) is 41.0 Å². The molecule has 0 saturated heterocycles. The molecule has 4 N–H and O–H groups in total. The average molecular weight is 306 g/mol. The van der Waals surface area contributed by atoms with E-state index in [1.54, 1.807) is 0 Å². The summed E-state index contributed by atoms with van der Waals surface area (Å²) in [4.78, 5) is 19.8. The topological polar surface area (TPSA) is 102 Å². The van der Waals surface area contributed by atoms with Crippen LogP contribution in [0.4, 0.5) is 11.8 Å². The minimum absolute atomic E-state index is 0.0220. The van der Waals surface area contributed by atoms with Crippen LogP contribution in [0.3, 0.4) is 0 Å². The molecule has 0 radical (unpaired) electrons. The van der Waals surface area contributed by atoms with Gasteiger partial charge >= 0.3 is 0 Å². The Bertz CT molecular complexity index is 674. The molecule has 1 atom stereocenters. The van der Waals surface area contributed by atoms with E-state index < -0.39 is 0 Å². The third-order valence-corrected chi connectivity index (χ3v) is 3.24. The van der Waals surface area contributed by atoms with E-state index in [-0.39, 0.29) is 22.9 Å². The van der Waals surface area contributed by atoms with E-state index in [1.807, 2.05) is 24.3 Å². The number of anilines is 2.